The first-order valence-electron chi connectivity index (χ1n) is 8.96. The molecule has 1 heterocycles. The second kappa shape index (κ2) is 11.1. The molecule has 0 aromatic heterocycles. The van der Waals surface area contributed by atoms with Crippen molar-refractivity contribution in [2.45, 2.75) is 38.3 Å². The highest BCUT2D eigenvalue weighted by molar-refractivity contribution is 6.31. The number of hydrazine groups is 1. The minimum absolute atomic E-state index is 0.145. The molecule has 0 radical (unpaired) electrons. The zero-order chi connectivity index (χ0) is 18.8. The lowest BCUT2D eigenvalue weighted by Crippen LogP contribution is -2.56. The van der Waals surface area contributed by atoms with E-state index >= 15 is 0 Å². The van der Waals surface area contributed by atoms with E-state index in [4.69, 9.17) is 22.2 Å². The molecule has 1 atom stereocenters. The van der Waals surface area contributed by atoms with Crippen molar-refractivity contribution >= 4 is 23.5 Å². The first kappa shape index (κ1) is 20.6. The van der Waals surface area contributed by atoms with Crippen LogP contribution < -0.4 is 16.5 Å². The van der Waals surface area contributed by atoms with Crippen molar-refractivity contribution in [3.63, 3.8) is 0 Å². The van der Waals surface area contributed by atoms with Crippen molar-refractivity contribution in [3.8, 4) is 0 Å². The Hall–Kier alpha value is -1.67. The number of piperazine rings is 1. The number of carbonyl (C=O) groups excluding carboxylic acids is 2. The van der Waals surface area contributed by atoms with E-state index in [-0.39, 0.29) is 18.4 Å². The van der Waals surface area contributed by atoms with Gasteiger partial charge in [0.2, 0.25) is 0 Å². The van der Waals surface area contributed by atoms with Crippen LogP contribution in [0.5, 0.6) is 0 Å². The molecule has 0 spiro atoms. The van der Waals surface area contributed by atoms with Crippen LogP contribution in [0, 0.1) is 0 Å². The standard InChI is InChI=1S/C18H27ClN4O3/c19-15-7-4-3-6-14(15)13-26-18(25)22-9-5-1-2-8-17(24)16-12-23(20)11-10-21-16/h3-4,6-7,16,21H,1-2,5,8-13,20H2,(H,22,25). The summed E-state index contributed by atoms with van der Waals surface area (Å²) in [6, 6.07) is 7.09. The highest BCUT2D eigenvalue weighted by Gasteiger charge is 2.22. The number of Topliss-reactive ketones (excluding diaryl/α,β-unsaturated/α-hetero) is 1. The number of benzene rings is 1. The molecule has 1 saturated heterocycles. The molecule has 1 aromatic carbocycles. The molecule has 7 nitrogen and oxygen atoms in total. The SMILES string of the molecule is NN1CCNC(C(=O)CCCCCNC(=O)OCc2ccccc2Cl)C1. The van der Waals surface area contributed by atoms with Crippen LogP contribution in [0.15, 0.2) is 24.3 Å². The monoisotopic (exact) mass is 382 g/mol. The van der Waals surface area contributed by atoms with Gasteiger partial charge in [0.05, 0.1) is 6.04 Å². The molecule has 8 heteroatoms. The summed E-state index contributed by atoms with van der Waals surface area (Å²) in [6.45, 7) is 2.74. The fourth-order valence-corrected chi connectivity index (χ4v) is 2.95. The predicted octanol–water partition coefficient (Wildman–Crippen LogP) is 1.84. The Morgan fingerprint density at radius 2 is 2.12 bits per heavy atom. The third-order valence-corrected chi connectivity index (χ3v) is 4.65. The van der Waals surface area contributed by atoms with Crippen LogP contribution in [0.3, 0.4) is 0 Å². The molecule has 0 bridgehead atoms. The average Bonchev–Trinajstić information content (AvgIpc) is 2.63. The zero-order valence-corrected chi connectivity index (χ0v) is 15.6. The molecule has 1 amide bonds. The summed E-state index contributed by atoms with van der Waals surface area (Å²) in [5, 5.41) is 8.16. The van der Waals surface area contributed by atoms with Gasteiger partial charge in [0, 0.05) is 43.2 Å². The van der Waals surface area contributed by atoms with Gasteiger partial charge in [0.25, 0.3) is 0 Å². The molecule has 26 heavy (non-hydrogen) atoms. The number of ether oxygens (including phenoxy) is 1. The molecule has 1 aliphatic rings. The van der Waals surface area contributed by atoms with E-state index in [1.165, 1.54) is 0 Å². The Balaban J connectivity index is 1.50. The van der Waals surface area contributed by atoms with Crippen molar-refractivity contribution < 1.29 is 14.3 Å². The molecule has 1 unspecified atom stereocenters. The second-order valence-electron chi connectivity index (χ2n) is 6.37. The van der Waals surface area contributed by atoms with Gasteiger partial charge >= 0.3 is 6.09 Å². The number of hydrogen-bond donors (Lipinski definition) is 3. The van der Waals surface area contributed by atoms with Crippen molar-refractivity contribution in [1.82, 2.24) is 15.6 Å². The largest absolute Gasteiger partial charge is 0.445 e. The predicted molar refractivity (Wildman–Crippen MR) is 101 cm³/mol. The van der Waals surface area contributed by atoms with Gasteiger partial charge in [-0.2, -0.15) is 0 Å². The average molecular weight is 383 g/mol. The van der Waals surface area contributed by atoms with Gasteiger partial charge in [-0.05, 0) is 18.9 Å². The summed E-state index contributed by atoms with van der Waals surface area (Å²) in [4.78, 5) is 23.7. The lowest BCUT2D eigenvalue weighted by atomic mass is 10.0. The van der Waals surface area contributed by atoms with Crippen LogP contribution in [0.2, 0.25) is 5.02 Å². The van der Waals surface area contributed by atoms with Gasteiger partial charge in [0.1, 0.15) is 6.61 Å². The molecule has 0 saturated carbocycles. The third kappa shape index (κ3) is 7.29. The van der Waals surface area contributed by atoms with Crippen LogP contribution >= 0.6 is 11.6 Å². The number of carbonyl (C=O) groups is 2. The maximum absolute atomic E-state index is 12.1. The highest BCUT2D eigenvalue weighted by atomic mass is 35.5. The third-order valence-electron chi connectivity index (χ3n) is 4.28. The molecule has 2 rings (SSSR count). The van der Waals surface area contributed by atoms with Crippen LogP contribution in [-0.4, -0.2) is 49.1 Å². The number of ketones is 1. The summed E-state index contributed by atoms with van der Waals surface area (Å²) >= 11 is 6.01. The maximum Gasteiger partial charge on any atom is 0.407 e. The lowest BCUT2D eigenvalue weighted by Gasteiger charge is -2.29. The number of nitrogens with zero attached hydrogens (tertiary/aromatic N) is 1. The molecule has 1 fully saturated rings. The van der Waals surface area contributed by atoms with E-state index in [1.54, 1.807) is 11.1 Å². The number of halogens is 1. The number of nitrogens with one attached hydrogen (secondary N) is 2. The summed E-state index contributed by atoms with van der Waals surface area (Å²) < 4.78 is 5.13. The van der Waals surface area contributed by atoms with Crippen molar-refractivity contribution in [2.24, 2.45) is 5.84 Å². The van der Waals surface area contributed by atoms with Crippen LogP contribution in [0.4, 0.5) is 4.79 Å². The molecule has 1 aromatic rings. The Labute approximate surface area is 159 Å². The molecule has 144 valence electrons. The summed E-state index contributed by atoms with van der Waals surface area (Å²) in [6.07, 6.45) is 2.54. The number of hydrogen-bond acceptors (Lipinski definition) is 6. The smallest absolute Gasteiger partial charge is 0.407 e. The van der Waals surface area contributed by atoms with Gasteiger partial charge in [-0.1, -0.05) is 36.2 Å². The fraction of sp³-hybridized carbons (Fsp3) is 0.556. The van der Waals surface area contributed by atoms with E-state index in [0.717, 1.165) is 37.9 Å². The zero-order valence-electron chi connectivity index (χ0n) is 14.9. The Morgan fingerprint density at radius 1 is 1.31 bits per heavy atom. The van der Waals surface area contributed by atoms with Gasteiger partial charge < -0.3 is 15.4 Å². The Kier molecular flexibility index (Phi) is 8.84. The first-order valence-corrected chi connectivity index (χ1v) is 9.34. The number of amides is 1. The van der Waals surface area contributed by atoms with Gasteiger partial charge in [0.15, 0.2) is 5.78 Å². The topological polar surface area (TPSA) is 96.7 Å². The summed E-state index contributed by atoms with van der Waals surface area (Å²) in [5.74, 6) is 5.94. The van der Waals surface area contributed by atoms with Crippen LogP contribution in [-0.2, 0) is 16.1 Å². The van der Waals surface area contributed by atoms with Crippen molar-refractivity contribution in [3.05, 3.63) is 34.9 Å². The first-order chi connectivity index (χ1) is 12.6. The number of nitrogens with two attached hydrogens (primary N) is 1. The van der Waals surface area contributed by atoms with E-state index in [1.807, 2.05) is 18.2 Å². The van der Waals surface area contributed by atoms with Crippen LogP contribution in [0.1, 0.15) is 31.2 Å². The normalized spacial score (nSPS) is 17.7. The van der Waals surface area contributed by atoms with Crippen molar-refractivity contribution in [1.29, 1.82) is 0 Å². The molecule has 4 N–H and O–H groups in total. The Morgan fingerprint density at radius 3 is 2.88 bits per heavy atom. The molecular weight excluding hydrogens is 356 g/mol. The van der Waals surface area contributed by atoms with E-state index in [0.29, 0.717) is 24.5 Å². The highest BCUT2D eigenvalue weighted by Crippen LogP contribution is 2.15. The minimum Gasteiger partial charge on any atom is -0.445 e. The van der Waals surface area contributed by atoms with Crippen molar-refractivity contribution in [2.75, 3.05) is 26.2 Å². The molecule has 1 aliphatic heterocycles. The quantitative estimate of drug-likeness (QED) is 0.445. The van der Waals surface area contributed by atoms with E-state index in [2.05, 4.69) is 10.6 Å². The molecule has 0 aliphatic carbocycles. The van der Waals surface area contributed by atoms with E-state index in [9.17, 15) is 9.59 Å². The number of alkyl carbamates (subject to hydrolysis) is 1. The number of unbranched alkanes of at least 4 members (excludes halogenated alkanes) is 2. The Bertz CT molecular complexity index is 600. The number of rotatable bonds is 9. The molecular formula is C18H27ClN4O3. The lowest BCUT2D eigenvalue weighted by molar-refractivity contribution is -0.122. The van der Waals surface area contributed by atoms with Gasteiger partial charge in [-0.3, -0.25) is 10.6 Å². The second-order valence-corrected chi connectivity index (χ2v) is 6.78. The minimum atomic E-state index is -0.463. The maximum atomic E-state index is 12.1. The fourth-order valence-electron chi connectivity index (χ4n) is 2.76. The van der Waals surface area contributed by atoms with E-state index < -0.39 is 6.09 Å². The summed E-state index contributed by atoms with van der Waals surface area (Å²) in [7, 11) is 0. The van der Waals surface area contributed by atoms with Gasteiger partial charge in [-0.15, -0.1) is 0 Å². The van der Waals surface area contributed by atoms with Crippen LogP contribution in [0.25, 0.3) is 0 Å². The summed E-state index contributed by atoms with van der Waals surface area (Å²) in [5.41, 5.74) is 0.773. The van der Waals surface area contributed by atoms with Gasteiger partial charge in [-0.25, -0.2) is 9.80 Å².